The van der Waals surface area contributed by atoms with Crippen molar-refractivity contribution in [2.75, 3.05) is 0 Å². The minimum Gasteiger partial charge on any atom is -1.00 e. The summed E-state index contributed by atoms with van der Waals surface area (Å²) >= 11 is 0. The molecule has 0 spiro atoms. The quantitative estimate of drug-likeness (QED) is 0.444. The molecule has 0 heterocycles. The predicted octanol–water partition coefficient (Wildman–Crippen LogP) is -1.34. The Morgan fingerprint density at radius 2 is 1.25 bits per heavy atom. The van der Waals surface area contributed by atoms with Crippen molar-refractivity contribution in [1.29, 1.82) is 0 Å². The van der Waals surface area contributed by atoms with E-state index in [1.54, 1.807) is 0 Å². The fourth-order valence-corrected chi connectivity index (χ4v) is 0. The van der Waals surface area contributed by atoms with Crippen LogP contribution < -0.4 is 0 Å². The van der Waals surface area contributed by atoms with Crippen molar-refractivity contribution >= 4 is 40.4 Å². The Balaban J connectivity index is 0. The number of hydrogen-bond acceptors (Lipinski definition) is 0. The third-order valence-corrected chi connectivity index (χ3v) is 0. The molecule has 0 aromatic carbocycles. The van der Waals surface area contributed by atoms with Gasteiger partial charge in [0.15, 0.2) is 17.4 Å². The summed E-state index contributed by atoms with van der Waals surface area (Å²) < 4.78 is 0. The topological polar surface area (TPSA) is 0 Å². The van der Waals surface area contributed by atoms with Crippen molar-refractivity contribution in [2.24, 2.45) is 0 Å². The van der Waals surface area contributed by atoms with Gasteiger partial charge < -0.3 is 2.85 Å². The van der Waals surface area contributed by atoms with Gasteiger partial charge in [0.25, 0.3) is 0 Å². The average Bonchev–Trinajstić information content (AvgIpc) is 0. The van der Waals surface area contributed by atoms with Crippen molar-refractivity contribution in [3.63, 3.8) is 0 Å². The Bertz CT molecular complexity index is 13.5. The van der Waals surface area contributed by atoms with Crippen LogP contribution in [0.3, 0.4) is 0 Å². The summed E-state index contributed by atoms with van der Waals surface area (Å²) in [6.45, 7) is 0. The maximum atomic E-state index is 0. The van der Waals surface area contributed by atoms with E-state index in [4.69, 9.17) is 0 Å². The van der Waals surface area contributed by atoms with Crippen LogP contribution in [0.4, 0.5) is 0 Å². The number of rotatable bonds is 0. The van der Waals surface area contributed by atoms with Crippen molar-refractivity contribution < 1.29 is 39.4 Å². The molecule has 1 radical (unpaired) electrons. The van der Waals surface area contributed by atoms with E-state index in [-0.39, 0.29) is 79.8 Å². The maximum absolute atomic E-state index is 0. The molecule has 0 aliphatic carbocycles. The maximum Gasteiger partial charge on any atom is 2.00 e. The van der Waals surface area contributed by atoms with E-state index in [2.05, 4.69) is 0 Å². The second-order valence-electron chi connectivity index (χ2n) is 0. The van der Waals surface area contributed by atoms with E-state index in [0.29, 0.717) is 0 Å². The summed E-state index contributed by atoms with van der Waals surface area (Å²) in [6, 6.07) is 0. The van der Waals surface area contributed by atoms with Gasteiger partial charge >= 0.3 is 23.1 Å². The molecule has 0 rings (SSSR count). The molecular formula is H5AlCuMgRu. The van der Waals surface area contributed by atoms with Crippen LogP contribution in [0.2, 0.25) is 0 Å². The van der Waals surface area contributed by atoms with Gasteiger partial charge in [-0.15, -0.1) is 0 Å². The zero-order chi connectivity index (χ0) is 0. The second-order valence-corrected chi connectivity index (χ2v) is 0. The first-order chi connectivity index (χ1) is 0. The number of hydrogen-bond donors (Lipinski definition) is 0. The molecule has 0 saturated carbocycles. The molecule has 0 nitrogen and oxygen atoms in total. The first-order valence-electron chi connectivity index (χ1n) is 0. The van der Waals surface area contributed by atoms with Crippen molar-refractivity contribution in [3.05, 3.63) is 0 Å². The van der Waals surface area contributed by atoms with E-state index in [1.165, 1.54) is 0 Å². The van der Waals surface area contributed by atoms with Gasteiger partial charge in [-0.25, -0.2) is 0 Å². The van der Waals surface area contributed by atoms with Gasteiger partial charge in [0.2, 0.25) is 0 Å². The van der Waals surface area contributed by atoms with Crippen molar-refractivity contribution in [3.8, 4) is 0 Å². The van der Waals surface area contributed by atoms with Crippen LogP contribution in [0.5, 0.6) is 0 Å². The molecule has 0 bridgehead atoms. The average molecular weight is 221 g/mol. The van der Waals surface area contributed by atoms with Crippen LogP contribution in [0.25, 0.3) is 0 Å². The predicted molar refractivity (Wildman–Crippen MR) is 17.9 cm³/mol. The molecule has 0 N–H and O–H groups in total. The molecule has 4 heteroatoms. The second kappa shape index (κ2) is 18.0. The molecule has 4 heavy (non-hydrogen) atoms. The summed E-state index contributed by atoms with van der Waals surface area (Å²) in [5.74, 6) is 0. The van der Waals surface area contributed by atoms with Crippen LogP contribution in [-0.4, -0.2) is 40.4 Å². The Hall–Kier alpha value is 2.44. The molecule has 0 saturated heterocycles. The van der Waals surface area contributed by atoms with E-state index in [1.807, 2.05) is 0 Å². The molecule has 0 aromatic rings. The summed E-state index contributed by atoms with van der Waals surface area (Å²) in [5.41, 5.74) is 0. The minimum absolute atomic E-state index is 0. The van der Waals surface area contributed by atoms with E-state index < -0.39 is 0 Å². The third kappa shape index (κ3) is 8.82. The van der Waals surface area contributed by atoms with Gasteiger partial charge in [-0.2, -0.15) is 0 Å². The molecule has 0 atom stereocenters. The zero-order valence-corrected chi connectivity index (χ0v) is 5.46. The first kappa shape index (κ1) is 32.0. The van der Waals surface area contributed by atoms with Gasteiger partial charge in [0.05, 0.1) is 0 Å². The third-order valence-electron chi connectivity index (χ3n) is 0. The van der Waals surface area contributed by atoms with E-state index in [9.17, 15) is 0 Å². The molecule has 0 aromatic heterocycles. The molecule has 0 aliphatic rings. The van der Waals surface area contributed by atoms with Gasteiger partial charge in [0.1, 0.15) is 0 Å². The minimum atomic E-state index is 0. The SMILES string of the molecule is [AlH3].[Cu].[H-].[H-].[Mg+2].[Ru]. The molecule has 0 aliphatic heterocycles. The van der Waals surface area contributed by atoms with Crippen LogP contribution in [-0.2, 0) is 36.5 Å². The first-order valence-corrected chi connectivity index (χ1v) is 0. The van der Waals surface area contributed by atoms with Gasteiger partial charge in [-0.05, 0) is 0 Å². The van der Waals surface area contributed by atoms with Gasteiger partial charge in [0, 0.05) is 36.5 Å². The van der Waals surface area contributed by atoms with Crippen LogP contribution >= 0.6 is 0 Å². The monoisotopic (exact) mass is 221 g/mol. The smallest absolute Gasteiger partial charge is 1.00 e. The zero-order valence-electron chi connectivity index (χ0n) is 3.36. The Morgan fingerprint density at radius 3 is 1.25 bits per heavy atom. The standard InChI is InChI=1S/Al.Cu.Mg.Ru.5H/q;;+2;;;;;2*-1. The van der Waals surface area contributed by atoms with Crippen LogP contribution in [0.1, 0.15) is 2.85 Å². The van der Waals surface area contributed by atoms with Crippen molar-refractivity contribution in [1.82, 2.24) is 0 Å². The molecule has 0 amide bonds. The van der Waals surface area contributed by atoms with Gasteiger partial charge in [-0.1, -0.05) is 0 Å². The Morgan fingerprint density at radius 1 is 1.25 bits per heavy atom. The van der Waals surface area contributed by atoms with E-state index in [0.717, 1.165) is 0 Å². The summed E-state index contributed by atoms with van der Waals surface area (Å²) in [5, 5.41) is 0. The fraction of sp³-hybridized carbons (Fsp3) is 0. The normalized spacial score (nSPS) is 0. The van der Waals surface area contributed by atoms with E-state index >= 15 is 0 Å². The van der Waals surface area contributed by atoms with Gasteiger partial charge in [-0.3, -0.25) is 0 Å². The van der Waals surface area contributed by atoms with Crippen molar-refractivity contribution in [2.45, 2.75) is 0 Å². The molecule has 0 unspecified atom stereocenters. The fourth-order valence-electron chi connectivity index (χ4n) is 0. The summed E-state index contributed by atoms with van der Waals surface area (Å²) in [4.78, 5) is 0. The van der Waals surface area contributed by atoms with Crippen LogP contribution in [0, 0.1) is 0 Å². The Kier molecular flexibility index (Phi) is 144. The van der Waals surface area contributed by atoms with Crippen LogP contribution in [0.15, 0.2) is 0 Å². The summed E-state index contributed by atoms with van der Waals surface area (Å²) in [6.07, 6.45) is 0. The summed E-state index contributed by atoms with van der Waals surface area (Å²) in [7, 11) is 0. The molecule has 0 fully saturated rings. The Labute approximate surface area is 79.0 Å². The largest absolute Gasteiger partial charge is 2.00 e. The molecular weight excluding hydrogens is 216 g/mol. The molecule has 29 valence electrons.